The predicted molar refractivity (Wildman–Crippen MR) is 79.6 cm³/mol. The van der Waals surface area contributed by atoms with Gasteiger partial charge in [0, 0.05) is 17.3 Å². The van der Waals surface area contributed by atoms with Gasteiger partial charge in [0.25, 0.3) is 0 Å². The van der Waals surface area contributed by atoms with Crippen molar-refractivity contribution >= 4 is 17.3 Å². The van der Waals surface area contributed by atoms with Crippen molar-refractivity contribution in [3.05, 3.63) is 28.8 Å². The summed E-state index contributed by atoms with van der Waals surface area (Å²) in [5.41, 5.74) is 2.43. The molecular weight excluding hydrogens is 244 g/mol. The molecule has 3 heteroatoms. The van der Waals surface area contributed by atoms with Crippen molar-refractivity contribution in [1.29, 1.82) is 0 Å². The van der Waals surface area contributed by atoms with Crippen LogP contribution in [0, 0.1) is 6.92 Å². The van der Waals surface area contributed by atoms with Gasteiger partial charge in [-0.25, -0.2) is 0 Å². The zero-order chi connectivity index (χ0) is 12.8. The van der Waals surface area contributed by atoms with E-state index in [1.54, 1.807) is 0 Å². The third-order valence-electron chi connectivity index (χ3n) is 3.61. The van der Waals surface area contributed by atoms with Crippen LogP contribution in [0.25, 0.3) is 0 Å². The van der Waals surface area contributed by atoms with Gasteiger partial charge >= 0.3 is 0 Å². The summed E-state index contributed by atoms with van der Waals surface area (Å²) in [6, 6.07) is 6.02. The third-order valence-corrected chi connectivity index (χ3v) is 3.85. The number of nitrogens with one attached hydrogen (secondary N) is 1. The molecule has 18 heavy (non-hydrogen) atoms. The first kappa shape index (κ1) is 13.7. The van der Waals surface area contributed by atoms with Crippen LogP contribution in [-0.4, -0.2) is 31.1 Å². The number of aryl methyl sites for hydroxylation is 1. The fraction of sp³-hybridized carbons (Fsp3) is 0.600. The Hall–Kier alpha value is -0.730. The SMILES string of the molecule is Cc1ccc(Cl)cc1NCCCN1CCCCC1. The van der Waals surface area contributed by atoms with E-state index in [1.165, 1.54) is 56.6 Å². The van der Waals surface area contributed by atoms with Crippen LogP contribution in [0.5, 0.6) is 0 Å². The largest absolute Gasteiger partial charge is 0.385 e. The lowest BCUT2D eigenvalue weighted by atomic mass is 10.1. The maximum absolute atomic E-state index is 6.00. The highest BCUT2D eigenvalue weighted by molar-refractivity contribution is 6.30. The average molecular weight is 267 g/mol. The lowest BCUT2D eigenvalue weighted by Gasteiger charge is -2.26. The molecule has 0 atom stereocenters. The molecule has 0 aromatic heterocycles. The topological polar surface area (TPSA) is 15.3 Å². The van der Waals surface area contributed by atoms with Gasteiger partial charge in [0.05, 0.1) is 0 Å². The predicted octanol–water partition coefficient (Wildman–Crippen LogP) is 3.94. The van der Waals surface area contributed by atoms with Gasteiger partial charge in [-0.15, -0.1) is 0 Å². The number of hydrogen-bond acceptors (Lipinski definition) is 2. The van der Waals surface area contributed by atoms with E-state index < -0.39 is 0 Å². The van der Waals surface area contributed by atoms with E-state index in [9.17, 15) is 0 Å². The molecule has 1 N–H and O–H groups in total. The van der Waals surface area contributed by atoms with Gasteiger partial charge in [0.2, 0.25) is 0 Å². The maximum Gasteiger partial charge on any atom is 0.0426 e. The Morgan fingerprint density at radius 2 is 2.00 bits per heavy atom. The minimum atomic E-state index is 0.805. The molecule has 1 saturated heterocycles. The molecule has 0 radical (unpaired) electrons. The Labute approximate surface area is 115 Å². The fourth-order valence-corrected chi connectivity index (χ4v) is 2.67. The molecule has 2 rings (SSSR count). The molecule has 1 aromatic carbocycles. The number of nitrogens with zero attached hydrogens (tertiary/aromatic N) is 1. The highest BCUT2D eigenvalue weighted by Crippen LogP contribution is 2.20. The summed E-state index contributed by atoms with van der Waals surface area (Å²) in [5, 5.41) is 4.29. The normalized spacial score (nSPS) is 16.8. The minimum Gasteiger partial charge on any atom is -0.385 e. The first-order chi connectivity index (χ1) is 8.75. The Morgan fingerprint density at radius 3 is 2.78 bits per heavy atom. The second-order valence-corrected chi connectivity index (χ2v) is 5.58. The van der Waals surface area contributed by atoms with Gasteiger partial charge in [-0.05, 0) is 63.5 Å². The van der Waals surface area contributed by atoms with Crippen molar-refractivity contribution in [1.82, 2.24) is 4.90 Å². The monoisotopic (exact) mass is 266 g/mol. The molecule has 1 heterocycles. The van der Waals surface area contributed by atoms with E-state index in [2.05, 4.69) is 23.2 Å². The molecule has 0 saturated carbocycles. The van der Waals surface area contributed by atoms with E-state index in [4.69, 9.17) is 11.6 Å². The Bertz CT molecular complexity index is 373. The van der Waals surface area contributed by atoms with Crippen molar-refractivity contribution in [3.63, 3.8) is 0 Å². The maximum atomic E-state index is 6.00. The number of benzene rings is 1. The highest BCUT2D eigenvalue weighted by Gasteiger charge is 2.08. The Morgan fingerprint density at radius 1 is 1.22 bits per heavy atom. The number of hydrogen-bond donors (Lipinski definition) is 1. The molecule has 1 fully saturated rings. The van der Waals surface area contributed by atoms with Gasteiger partial charge in [-0.2, -0.15) is 0 Å². The zero-order valence-electron chi connectivity index (χ0n) is 11.2. The number of likely N-dealkylation sites (tertiary alicyclic amines) is 1. The molecule has 0 aliphatic carbocycles. The van der Waals surface area contributed by atoms with Gasteiger partial charge in [0.15, 0.2) is 0 Å². The summed E-state index contributed by atoms with van der Waals surface area (Å²) in [7, 11) is 0. The van der Waals surface area contributed by atoms with Crippen LogP contribution >= 0.6 is 11.6 Å². The second-order valence-electron chi connectivity index (χ2n) is 5.14. The molecule has 0 spiro atoms. The standard InChI is InChI=1S/C15H23ClN2/c1-13-6-7-14(16)12-15(13)17-8-5-11-18-9-3-2-4-10-18/h6-7,12,17H,2-5,8-11H2,1H3. The van der Waals surface area contributed by atoms with Gasteiger partial charge < -0.3 is 10.2 Å². The first-order valence-corrected chi connectivity index (χ1v) is 7.36. The van der Waals surface area contributed by atoms with Gasteiger partial charge in [0.1, 0.15) is 0 Å². The number of halogens is 1. The van der Waals surface area contributed by atoms with E-state index in [1.807, 2.05) is 12.1 Å². The van der Waals surface area contributed by atoms with Crippen molar-refractivity contribution in [2.24, 2.45) is 0 Å². The van der Waals surface area contributed by atoms with Crippen molar-refractivity contribution in [2.45, 2.75) is 32.6 Å². The molecular formula is C15H23ClN2. The fourth-order valence-electron chi connectivity index (χ4n) is 2.49. The van der Waals surface area contributed by atoms with Crippen LogP contribution in [0.15, 0.2) is 18.2 Å². The summed E-state index contributed by atoms with van der Waals surface area (Å²) < 4.78 is 0. The van der Waals surface area contributed by atoms with Crippen molar-refractivity contribution < 1.29 is 0 Å². The first-order valence-electron chi connectivity index (χ1n) is 6.98. The minimum absolute atomic E-state index is 0.805. The number of rotatable bonds is 5. The van der Waals surface area contributed by atoms with Crippen LogP contribution in [0.3, 0.4) is 0 Å². The van der Waals surface area contributed by atoms with E-state index in [0.29, 0.717) is 0 Å². The molecule has 1 aromatic rings. The van der Waals surface area contributed by atoms with Crippen LogP contribution in [0.2, 0.25) is 5.02 Å². The molecule has 1 aliphatic heterocycles. The Kier molecular flexibility index (Phi) is 5.33. The van der Waals surface area contributed by atoms with Crippen molar-refractivity contribution in [2.75, 3.05) is 31.5 Å². The van der Waals surface area contributed by atoms with E-state index >= 15 is 0 Å². The smallest absolute Gasteiger partial charge is 0.0426 e. The van der Waals surface area contributed by atoms with Crippen LogP contribution in [-0.2, 0) is 0 Å². The second kappa shape index (κ2) is 7.01. The molecule has 100 valence electrons. The zero-order valence-corrected chi connectivity index (χ0v) is 12.0. The number of piperidine rings is 1. The van der Waals surface area contributed by atoms with Gasteiger partial charge in [-0.1, -0.05) is 24.1 Å². The lowest BCUT2D eigenvalue weighted by molar-refractivity contribution is 0.228. The van der Waals surface area contributed by atoms with Crippen LogP contribution in [0.1, 0.15) is 31.2 Å². The lowest BCUT2D eigenvalue weighted by Crippen LogP contribution is -2.31. The van der Waals surface area contributed by atoms with E-state index in [0.717, 1.165) is 11.6 Å². The van der Waals surface area contributed by atoms with Crippen molar-refractivity contribution in [3.8, 4) is 0 Å². The summed E-state index contributed by atoms with van der Waals surface area (Å²) in [4.78, 5) is 2.58. The summed E-state index contributed by atoms with van der Waals surface area (Å²) in [5.74, 6) is 0. The summed E-state index contributed by atoms with van der Waals surface area (Å²) >= 11 is 6.00. The summed E-state index contributed by atoms with van der Waals surface area (Å²) in [6.07, 6.45) is 5.37. The molecule has 0 unspecified atom stereocenters. The van der Waals surface area contributed by atoms with Crippen LogP contribution in [0.4, 0.5) is 5.69 Å². The third kappa shape index (κ3) is 4.18. The molecule has 0 bridgehead atoms. The quantitative estimate of drug-likeness (QED) is 0.813. The summed E-state index contributed by atoms with van der Waals surface area (Å²) in [6.45, 7) is 6.93. The Balaban J connectivity index is 1.69. The van der Waals surface area contributed by atoms with E-state index in [-0.39, 0.29) is 0 Å². The number of anilines is 1. The van der Waals surface area contributed by atoms with Gasteiger partial charge in [-0.3, -0.25) is 0 Å². The molecule has 2 nitrogen and oxygen atoms in total. The molecule has 1 aliphatic rings. The molecule has 0 amide bonds. The highest BCUT2D eigenvalue weighted by atomic mass is 35.5. The van der Waals surface area contributed by atoms with Crippen LogP contribution < -0.4 is 5.32 Å². The average Bonchev–Trinajstić information content (AvgIpc) is 2.40.